The summed E-state index contributed by atoms with van der Waals surface area (Å²) in [5.74, 6) is -0.174. The summed E-state index contributed by atoms with van der Waals surface area (Å²) in [5, 5.41) is 6.86. The largest absolute Gasteiger partial charge is 0.378 e. The van der Waals surface area contributed by atoms with Crippen molar-refractivity contribution >= 4 is 5.91 Å². The van der Waals surface area contributed by atoms with Crippen LogP contribution < -0.4 is 10.9 Å². The number of hydrogen-bond acceptors (Lipinski definition) is 4. The number of hydrogen-bond donors (Lipinski definition) is 1. The molecule has 1 aromatic rings. The minimum atomic E-state index is -0.255. The van der Waals surface area contributed by atoms with Gasteiger partial charge < -0.3 is 10.1 Å². The quantitative estimate of drug-likeness (QED) is 0.762. The van der Waals surface area contributed by atoms with Gasteiger partial charge in [0, 0.05) is 19.2 Å². The van der Waals surface area contributed by atoms with Crippen LogP contribution in [0.25, 0.3) is 0 Å². The van der Waals surface area contributed by atoms with Crippen molar-refractivity contribution in [1.29, 1.82) is 0 Å². The van der Waals surface area contributed by atoms with Gasteiger partial charge in [-0.05, 0) is 45.1 Å². The van der Waals surface area contributed by atoms with Crippen LogP contribution in [0.15, 0.2) is 16.9 Å². The predicted octanol–water partition coefficient (Wildman–Crippen LogP) is 1.02. The van der Waals surface area contributed by atoms with E-state index in [1.165, 1.54) is 17.2 Å². The number of aromatic nitrogens is 2. The third-order valence-electron chi connectivity index (χ3n) is 3.59. The maximum atomic E-state index is 11.8. The van der Waals surface area contributed by atoms with Gasteiger partial charge >= 0.3 is 0 Å². The highest BCUT2D eigenvalue weighted by Gasteiger charge is 2.14. The van der Waals surface area contributed by atoms with Gasteiger partial charge in [0.15, 0.2) is 0 Å². The van der Waals surface area contributed by atoms with Crippen molar-refractivity contribution < 1.29 is 9.53 Å². The Labute approximate surface area is 124 Å². The Kier molecular flexibility index (Phi) is 5.92. The number of ether oxygens (including phenoxy) is 1. The van der Waals surface area contributed by atoms with Gasteiger partial charge in [-0.1, -0.05) is 0 Å². The van der Waals surface area contributed by atoms with E-state index in [9.17, 15) is 9.59 Å². The lowest BCUT2D eigenvalue weighted by atomic mass is 10.1. The fourth-order valence-corrected chi connectivity index (χ4v) is 2.45. The molecule has 1 aliphatic rings. The van der Waals surface area contributed by atoms with Gasteiger partial charge in [-0.25, -0.2) is 4.68 Å². The topological polar surface area (TPSA) is 73.2 Å². The van der Waals surface area contributed by atoms with Crippen molar-refractivity contribution in [3.8, 4) is 0 Å². The Balaban J connectivity index is 1.63. The monoisotopic (exact) mass is 293 g/mol. The molecule has 1 fully saturated rings. The minimum Gasteiger partial charge on any atom is -0.378 e. The molecule has 0 unspecified atom stereocenters. The number of amides is 1. The summed E-state index contributed by atoms with van der Waals surface area (Å²) < 4.78 is 6.74. The van der Waals surface area contributed by atoms with Gasteiger partial charge in [0.05, 0.1) is 11.8 Å². The molecule has 6 heteroatoms. The number of unbranched alkanes of at least 4 members (excludes halogenated alkanes) is 1. The highest BCUT2D eigenvalue weighted by molar-refractivity contribution is 5.75. The zero-order valence-corrected chi connectivity index (χ0v) is 12.5. The predicted molar refractivity (Wildman–Crippen MR) is 79.1 cm³/mol. The number of rotatable bonds is 7. The smallest absolute Gasteiger partial charge is 0.267 e. The highest BCUT2D eigenvalue weighted by Crippen LogP contribution is 2.17. The fraction of sp³-hybridized carbons (Fsp3) is 0.667. The van der Waals surface area contributed by atoms with E-state index in [2.05, 4.69) is 10.4 Å². The summed E-state index contributed by atoms with van der Waals surface area (Å²) in [6.45, 7) is 3.29. The second-order valence-electron chi connectivity index (χ2n) is 5.45. The normalized spacial score (nSPS) is 17.9. The van der Waals surface area contributed by atoms with Crippen molar-refractivity contribution in [2.45, 2.75) is 51.7 Å². The van der Waals surface area contributed by atoms with E-state index in [1.807, 2.05) is 0 Å². The number of carbonyl (C=O) groups is 1. The third-order valence-corrected chi connectivity index (χ3v) is 3.59. The average Bonchev–Trinajstić information content (AvgIpc) is 2.96. The van der Waals surface area contributed by atoms with Crippen LogP contribution in [0.4, 0.5) is 0 Å². The maximum absolute atomic E-state index is 11.8. The highest BCUT2D eigenvalue weighted by atomic mass is 16.5. The molecule has 0 radical (unpaired) electrons. The van der Waals surface area contributed by atoms with E-state index in [0.29, 0.717) is 12.6 Å². The molecule has 0 aliphatic carbocycles. The Bertz CT molecular complexity index is 521. The van der Waals surface area contributed by atoms with Crippen molar-refractivity contribution in [2.75, 3.05) is 13.2 Å². The van der Waals surface area contributed by atoms with Crippen LogP contribution in [0.5, 0.6) is 0 Å². The van der Waals surface area contributed by atoms with Crippen LogP contribution in [0.2, 0.25) is 0 Å². The molecule has 0 bridgehead atoms. The molecule has 1 aliphatic heterocycles. The molecule has 0 saturated carbocycles. The van der Waals surface area contributed by atoms with Gasteiger partial charge in [0.25, 0.3) is 5.56 Å². The van der Waals surface area contributed by atoms with Crippen LogP contribution in [-0.4, -0.2) is 34.9 Å². The lowest BCUT2D eigenvalue weighted by molar-refractivity contribution is -0.121. The third kappa shape index (κ3) is 5.30. The fourth-order valence-electron chi connectivity index (χ4n) is 2.45. The van der Waals surface area contributed by atoms with E-state index in [1.54, 1.807) is 13.0 Å². The average molecular weight is 293 g/mol. The summed E-state index contributed by atoms with van der Waals surface area (Å²) in [7, 11) is 0. The molecular formula is C15H23N3O3. The van der Waals surface area contributed by atoms with E-state index >= 15 is 0 Å². The minimum absolute atomic E-state index is 0.0216. The lowest BCUT2D eigenvalue weighted by Crippen LogP contribution is -2.34. The standard InChI is InChI=1S/C15H23N3O3/c1-12-7-8-15(20)18(17-12)11-14(19)16-9-3-2-5-13-6-4-10-21-13/h7-8,13H,2-6,9-11H2,1H3,(H,16,19)/t13-/m1/s1. The zero-order valence-electron chi connectivity index (χ0n) is 12.5. The Morgan fingerprint density at radius 1 is 1.48 bits per heavy atom. The molecule has 21 heavy (non-hydrogen) atoms. The summed E-state index contributed by atoms with van der Waals surface area (Å²) in [5.41, 5.74) is 0.466. The van der Waals surface area contributed by atoms with Crippen molar-refractivity contribution in [2.24, 2.45) is 0 Å². The SMILES string of the molecule is Cc1ccc(=O)n(CC(=O)NCCCC[C@@H]2CCCO2)n1. The summed E-state index contributed by atoms with van der Waals surface area (Å²) in [6.07, 6.45) is 5.79. The molecule has 2 rings (SSSR count). The van der Waals surface area contributed by atoms with Crippen LogP contribution in [0.1, 0.15) is 37.8 Å². The van der Waals surface area contributed by atoms with Gasteiger partial charge in [-0.2, -0.15) is 5.10 Å². The summed E-state index contributed by atoms with van der Waals surface area (Å²) in [6, 6.07) is 3.07. The number of nitrogens with zero attached hydrogens (tertiary/aromatic N) is 2. The first-order valence-electron chi connectivity index (χ1n) is 7.58. The van der Waals surface area contributed by atoms with E-state index in [0.717, 1.165) is 38.0 Å². The Hall–Kier alpha value is -1.69. The molecular weight excluding hydrogens is 270 g/mol. The van der Waals surface area contributed by atoms with Gasteiger partial charge in [-0.3, -0.25) is 9.59 Å². The Morgan fingerprint density at radius 3 is 3.10 bits per heavy atom. The van der Waals surface area contributed by atoms with Crippen LogP contribution >= 0.6 is 0 Å². The molecule has 116 valence electrons. The molecule has 1 amide bonds. The molecule has 0 spiro atoms. The van der Waals surface area contributed by atoms with Crippen LogP contribution in [0, 0.1) is 6.92 Å². The number of aryl methyl sites for hydroxylation is 1. The van der Waals surface area contributed by atoms with Crippen LogP contribution in [-0.2, 0) is 16.1 Å². The van der Waals surface area contributed by atoms with E-state index in [4.69, 9.17) is 4.74 Å². The second kappa shape index (κ2) is 7.93. The first-order chi connectivity index (χ1) is 10.1. The molecule has 1 aromatic heterocycles. The van der Waals surface area contributed by atoms with Gasteiger partial charge in [0.2, 0.25) is 5.91 Å². The first kappa shape index (κ1) is 15.7. The molecule has 0 aromatic carbocycles. The van der Waals surface area contributed by atoms with Gasteiger partial charge in [0.1, 0.15) is 6.54 Å². The van der Waals surface area contributed by atoms with Crippen molar-refractivity contribution in [1.82, 2.24) is 15.1 Å². The molecule has 6 nitrogen and oxygen atoms in total. The lowest BCUT2D eigenvalue weighted by Gasteiger charge is -2.09. The zero-order chi connectivity index (χ0) is 15.1. The van der Waals surface area contributed by atoms with E-state index < -0.39 is 0 Å². The summed E-state index contributed by atoms with van der Waals surface area (Å²) in [4.78, 5) is 23.3. The molecule has 1 saturated heterocycles. The van der Waals surface area contributed by atoms with Crippen molar-refractivity contribution in [3.63, 3.8) is 0 Å². The van der Waals surface area contributed by atoms with E-state index in [-0.39, 0.29) is 18.0 Å². The first-order valence-corrected chi connectivity index (χ1v) is 7.58. The number of carbonyl (C=O) groups excluding carboxylic acids is 1. The molecule has 1 atom stereocenters. The number of nitrogens with one attached hydrogen (secondary N) is 1. The Morgan fingerprint density at radius 2 is 2.33 bits per heavy atom. The molecule has 2 heterocycles. The van der Waals surface area contributed by atoms with Gasteiger partial charge in [-0.15, -0.1) is 0 Å². The van der Waals surface area contributed by atoms with Crippen molar-refractivity contribution in [3.05, 3.63) is 28.2 Å². The second-order valence-corrected chi connectivity index (χ2v) is 5.45. The molecule has 1 N–H and O–H groups in total. The van der Waals surface area contributed by atoms with Crippen LogP contribution in [0.3, 0.4) is 0 Å². The summed E-state index contributed by atoms with van der Waals surface area (Å²) >= 11 is 0. The maximum Gasteiger partial charge on any atom is 0.267 e.